The molecular formula is C74H54N2O4S. The molecule has 0 radical (unpaired) electrons. The van der Waals surface area contributed by atoms with Crippen molar-refractivity contribution < 1.29 is 18.9 Å². The number of ether oxygens (including phenoxy) is 4. The van der Waals surface area contributed by atoms with Crippen LogP contribution in [0.1, 0.15) is 55.6 Å². The molecule has 390 valence electrons. The molecule has 6 nitrogen and oxygen atoms in total. The summed E-state index contributed by atoms with van der Waals surface area (Å²) in [4.78, 5) is 1.79. The Hall–Kier alpha value is -10.3. The van der Waals surface area contributed by atoms with E-state index in [1.807, 2.05) is 84.9 Å². The molecule has 0 bridgehead atoms. The summed E-state index contributed by atoms with van der Waals surface area (Å²) in [5.74, 6) is 4.32. The summed E-state index contributed by atoms with van der Waals surface area (Å²) >= 11 is 1.64. The minimum atomic E-state index is -0.782. The predicted octanol–water partition coefficient (Wildman–Crippen LogP) is 18.9. The lowest BCUT2D eigenvalue weighted by atomic mass is 9.67. The van der Waals surface area contributed by atoms with Gasteiger partial charge < -0.3 is 30.4 Å². The van der Waals surface area contributed by atoms with Gasteiger partial charge in [0, 0.05) is 11.1 Å². The van der Waals surface area contributed by atoms with Crippen LogP contribution in [0, 0.1) is 0 Å². The Balaban J connectivity index is 0.978. The second-order valence-electron chi connectivity index (χ2n) is 20.1. The van der Waals surface area contributed by atoms with E-state index in [1.54, 1.807) is 11.3 Å². The Kier molecular flexibility index (Phi) is 12.7. The van der Waals surface area contributed by atoms with E-state index in [1.165, 1.54) is 12.5 Å². The van der Waals surface area contributed by atoms with Gasteiger partial charge in [0.15, 0.2) is 0 Å². The van der Waals surface area contributed by atoms with Gasteiger partial charge in [0.2, 0.25) is 0 Å². The summed E-state index contributed by atoms with van der Waals surface area (Å²) in [5, 5.41) is 0. The summed E-state index contributed by atoms with van der Waals surface area (Å²) in [6.45, 7) is 15.4. The van der Waals surface area contributed by atoms with Crippen molar-refractivity contribution >= 4 is 34.9 Å². The molecule has 0 saturated heterocycles. The second kappa shape index (κ2) is 20.5. The third kappa shape index (κ3) is 8.16. The van der Waals surface area contributed by atoms with Crippen LogP contribution in [0.15, 0.2) is 269 Å². The van der Waals surface area contributed by atoms with Crippen molar-refractivity contribution in [1.29, 1.82) is 0 Å². The van der Waals surface area contributed by atoms with Gasteiger partial charge in [-0.15, -0.1) is 11.3 Å². The smallest absolute Gasteiger partial charge is 0.127 e. The van der Waals surface area contributed by atoms with E-state index in [4.69, 9.17) is 30.4 Å². The standard InChI is InChI=1S/C74H54N2O4S/c1-5-47-23-35-55(36-24-47)79-57-43-31-51(32-44-57)74(52-33-45-58(46-34-52)80-56-37-25-48(6-2)26-38-56)64-20-12-10-16-60(64)68-62(18-14-22-66(68)74)72-70(76)69(75)71(81-72)61-17-13-21-65-67(61)59-15-9-11-19-63(59)73(65,49-27-39-53(40-28-49)77-7-3)50-29-41-54(42-30-50)78-8-4/h5-46H,1-4,75-76H2. The van der Waals surface area contributed by atoms with E-state index in [0.29, 0.717) is 22.9 Å². The molecule has 2 aliphatic rings. The molecule has 0 fully saturated rings. The summed E-state index contributed by atoms with van der Waals surface area (Å²) in [6.07, 6.45) is 6.54. The summed E-state index contributed by atoms with van der Waals surface area (Å²) < 4.78 is 24.4. The molecule has 0 amide bonds. The fraction of sp³-hybridized carbons (Fsp3) is 0.0270. The molecule has 81 heavy (non-hydrogen) atoms. The maximum Gasteiger partial charge on any atom is 0.127 e. The Morgan fingerprint density at radius 1 is 0.321 bits per heavy atom. The Morgan fingerprint density at radius 2 is 0.617 bits per heavy atom. The quantitative estimate of drug-likeness (QED) is 0.0938. The monoisotopic (exact) mass is 1070 g/mol. The predicted molar refractivity (Wildman–Crippen MR) is 333 cm³/mol. The van der Waals surface area contributed by atoms with E-state index >= 15 is 0 Å². The number of hydrogen-bond donors (Lipinski definition) is 2. The molecule has 4 N–H and O–H groups in total. The molecular weight excluding hydrogens is 1010 g/mol. The van der Waals surface area contributed by atoms with Crippen molar-refractivity contribution in [2.75, 3.05) is 11.5 Å². The third-order valence-electron chi connectivity index (χ3n) is 15.9. The Labute approximate surface area is 476 Å². The number of thiophene rings is 1. The van der Waals surface area contributed by atoms with E-state index in [-0.39, 0.29) is 0 Å². The van der Waals surface area contributed by atoms with E-state index in [0.717, 1.165) is 122 Å². The Morgan fingerprint density at radius 3 is 0.951 bits per heavy atom. The molecule has 0 aliphatic heterocycles. The number of nitrogen functional groups attached to an aromatic ring is 2. The average Bonchev–Trinajstić information content (AvgIpc) is 3.34. The van der Waals surface area contributed by atoms with Gasteiger partial charge in [-0.2, -0.15) is 0 Å². The lowest BCUT2D eigenvalue weighted by Crippen LogP contribution is -2.28. The molecule has 10 aromatic carbocycles. The number of anilines is 2. The van der Waals surface area contributed by atoms with Gasteiger partial charge in [0.1, 0.15) is 34.5 Å². The Bertz CT molecular complexity index is 4080. The zero-order valence-electron chi connectivity index (χ0n) is 44.3. The lowest BCUT2D eigenvalue weighted by molar-refractivity contribution is 0.481. The van der Waals surface area contributed by atoms with Crippen LogP contribution in [-0.2, 0) is 10.8 Å². The fourth-order valence-corrected chi connectivity index (χ4v) is 13.6. The van der Waals surface area contributed by atoms with Crippen LogP contribution < -0.4 is 30.4 Å². The fourth-order valence-electron chi connectivity index (χ4n) is 12.4. The normalized spacial score (nSPS) is 12.9. The van der Waals surface area contributed by atoms with Gasteiger partial charge in [0.25, 0.3) is 0 Å². The SMILES string of the molecule is C=COc1ccc(C2(c3ccc(OC=C)cc3)c3ccccc3-c3c(-c4sc(-c5cccc6c5-c5ccccc5C6(c5ccc(Oc6ccc(C=C)cc6)cc5)c5ccc(Oc6ccc(C=C)cc6)cc5)c(N)c4N)cccc32)cc1. The maximum atomic E-state index is 7.43. The molecule has 2 aliphatic carbocycles. The number of rotatable bonds is 16. The van der Waals surface area contributed by atoms with Crippen molar-refractivity contribution in [1.82, 2.24) is 0 Å². The van der Waals surface area contributed by atoms with E-state index in [2.05, 4.69) is 184 Å². The van der Waals surface area contributed by atoms with Gasteiger partial charge >= 0.3 is 0 Å². The summed E-state index contributed by atoms with van der Waals surface area (Å²) in [7, 11) is 0. The van der Waals surface area contributed by atoms with E-state index < -0.39 is 10.8 Å². The second-order valence-corrected chi connectivity index (χ2v) is 21.1. The van der Waals surface area contributed by atoms with Crippen LogP contribution in [0.4, 0.5) is 11.4 Å². The topological polar surface area (TPSA) is 89.0 Å². The van der Waals surface area contributed by atoms with Crippen LogP contribution >= 0.6 is 11.3 Å². The zero-order valence-corrected chi connectivity index (χ0v) is 45.1. The minimum Gasteiger partial charge on any atom is -0.466 e. The average molecular weight is 1070 g/mol. The highest BCUT2D eigenvalue weighted by Crippen LogP contribution is 2.63. The van der Waals surface area contributed by atoms with Crippen LogP contribution in [0.25, 0.3) is 55.3 Å². The van der Waals surface area contributed by atoms with Crippen LogP contribution in [0.2, 0.25) is 0 Å². The third-order valence-corrected chi connectivity index (χ3v) is 17.2. The molecule has 0 atom stereocenters. The number of nitrogens with two attached hydrogens (primary N) is 2. The first-order valence-corrected chi connectivity index (χ1v) is 27.5. The molecule has 1 aromatic heterocycles. The molecule has 0 saturated carbocycles. The molecule has 1 heterocycles. The van der Waals surface area contributed by atoms with Crippen LogP contribution in [0.5, 0.6) is 34.5 Å². The first-order chi connectivity index (χ1) is 39.8. The maximum absolute atomic E-state index is 7.43. The van der Waals surface area contributed by atoms with Crippen LogP contribution in [0.3, 0.4) is 0 Å². The molecule has 7 heteroatoms. The number of fused-ring (bicyclic) bond motifs is 6. The van der Waals surface area contributed by atoms with Gasteiger partial charge in [-0.3, -0.25) is 0 Å². The van der Waals surface area contributed by atoms with Crippen LogP contribution in [-0.4, -0.2) is 0 Å². The van der Waals surface area contributed by atoms with Gasteiger partial charge in [-0.05, 0) is 151 Å². The van der Waals surface area contributed by atoms with Crippen molar-refractivity contribution in [3.8, 4) is 77.6 Å². The largest absolute Gasteiger partial charge is 0.466 e. The first kappa shape index (κ1) is 50.2. The van der Waals surface area contributed by atoms with Gasteiger partial charge in [-0.1, -0.05) is 196 Å². The zero-order chi connectivity index (χ0) is 55.2. The van der Waals surface area contributed by atoms with Gasteiger partial charge in [0.05, 0.1) is 44.5 Å². The lowest BCUT2D eigenvalue weighted by Gasteiger charge is -2.34. The summed E-state index contributed by atoms with van der Waals surface area (Å²) in [5.41, 5.74) is 31.6. The first-order valence-electron chi connectivity index (χ1n) is 26.7. The highest BCUT2D eigenvalue weighted by Gasteiger charge is 2.49. The minimum absolute atomic E-state index is 0.536. The van der Waals surface area contributed by atoms with Crippen molar-refractivity contribution in [2.45, 2.75) is 10.8 Å². The number of hydrogen-bond acceptors (Lipinski definition) is 7. The highest BCUT2D eigenvalue weighted by atomic mass is 32.1. The molecule has 11 aromatic rings. The van der Waals surface area contributed by atoms with Crippen molar-refractivity contribution in [2.24, 2.45) is 0 Å². The van der Waals surface area contributed by atoms with E-state index in [9.17, 15) is 0 Å². The van der Waals surface area contributed by atoms with Crippen molar-refractivity contribution in [3.63, 3.8) is 0 Å². The molecule has 0 spiro atoms. The van der Waals surface area contributed by atoms with Crippen molar-refractivity contribution in [3.05, 3.63) is 325 Å². The van der Waals surface area contributed by atoms with Gasteiger partial charge in [-0.25, -0.2) is 0 Å². The summed E-state index contributed by atoms with van der Waals surface area (Å²) in [6, 6.07) is 80.0. The molecule has 13 rings (SSSR count). The highest BCUT2D eigenvalue weighted by molar-refractivity contribution is 7.20. The number of benzene rings is 10. The molecule has 0 unspecified atom stereocenters.